The third-order valence-electron chi connectivity index (χ3n) is 5.77. The molecule has 0 unspecified atom stereocenters. The third-order valence-corrected chi connectivity index (χ3v) is 9.06. The molecule has 5 rings (SSSR count). The Hall–Kier alpha value is -2.03. The van der Waals surface area contributed by atoms with Crippen LogP contribution in [0.15, 0.2) is 35.6 Å². The van der Waals surface area contributed by atoms with E-state index in [1.54, 1.807) is 29.0 Å². The van der Waals surface area contributed by atoms with Crippen LogP contribution in [-0.4, -0.2) is 44.6 Å². The van der Waals surface area contributed by atoms with Crippen LogP contribution in [0.4, 0.5) is 0 Å². The van der Waals surface area contributed by atoms with Crippen LogP contribution in [0.2, 0.25) is 0 Å². The van der Waals surface area contributed by atoms with E-state index in [1.165, 1.54) is 31.9 Å². The van der Waals surface area contributed by atoms with Crippen molar-refractivity contribution in [1.82, 2.24) is 19.9 Å². The number of carbonyl (C=O) groups is 1. The van der Waals surface area contributed by atoms with Gasteiger partial charge in [-0.1, -0.05) is 23.9 Å². The molecule has 0 aliphatic carbocycles. The number of para-hydroxylation sites is 1. The van der Waals surface area contributed by atoms with E-state index in [2.05, 4.69) is 42.0 Å². The average molecular weight is 455 g/mol. The molecule has 4 aromatic rings. The molecule has 1 aliphatic heterocycles. The molecular formula is C22H22N4OS3. The quantitative estimate of drug-likeness (QED) is 0.305. The lowest BCUT2D eigenvalue weighted by Gasteiger charge is -2.31. The summed E-state index contributed by atoms with van der Waals surface area (Å²) >= 11 is 5.02. The Labute approximate surface area is 187 Å². The number of thiazole rings is 1. The Morgan fingerprint density at radius 1 is 1.17 bits per heavy atom. The summed E-state index contributed by atoms with van der Waals surface area (Å²) in [5.74, 6) is 1.07. The van der Waals surface area contributed by atoms with Crippen molar-refractivity contribution in [3.63, 3.8) is 0 Å². The lowest BCUT2D eigenvalue weighted by molar-refractivity contribution is -0.129. The molecule has 3 aromatic heterocycles. The summed E-state index contributed by atoms with van der Waals surface area (Å²) in [6, 6.07) is 8.31. The van der Waals surface area contributed by atoms with Gasteiger partial charge in [0.25, 0.3) is 0 Å². The monoisotopic (exact) mass is 454 g/mol. The van der Waals surface area contributed by atoms with Gasteiger partial charge in [0.05, 0.1) is 21.0 Å². The molecule has 5 nitrogen and oxygen atoms in total. The molecule has 0 atom stereocenters. The predicted molar refractivity (Wildman–Crippen MR) is 126 cm³/mol. The number of amides is 1. The molecule has 0 spiro atoms. The number of aromatic nitrogens is 3. The number of benzene rings is 1. The molecule has 0 bridgehead atoms. The van der Waals surface area contributed by atoms with Crippen LogP contribution in [-0.2, 0) is 4.79 Å². The fraction of sp³-hybridized carbons (Fsp3) is 0.364. The van der Waals surface area contributed by atoms with Crippen molar-refractivity contribution >= 4 is 60.8 Å². The van der Waals surface area contributed by atoms with Crippen molar-refractivity contribution in [1.29, 1.82) is 0 Å². The number of thioether (sulfide) groups is 1. The highest BCUT2D eigenvalue weighted by Crippen LogP contribution is 2.36. The Bertz CT molecular complexity index is 1190. The molecule has 30 heavy (non-hydrogen) atoms. The maximum atomic E-state index is 12.8. The smallest absolute Gasteiger partial charge is 0.232 e. The Balaban J connectivity index is 1.21. The number of fused-ring (bicyclic) bond motifs is 2. The van der Waals surface area contributed by atoms with Gasteiger partial charge in [0.1, 0.15) is 16.2 Å². The highest BCUT2D eigenvalue weighted by Gasteiger charge is 2.26. The van der Waals surface area contributed by atoms with Crippen LogP contribution in [0.5, 0.6) is 0 Å². The van der Waals surface area contributed by atoms with Crippen molar-refractivity contribution in [2.24, 2.45) is 0 Å². The summed E-state index contributed by atoms with van der Waals surface area (Å²) in [7, 11) is 0. The van der Waals surface area contributed by atoms with E-state index in [4.69, 9.17) is 4.98 Å². The van der Waals surface area contributed by atoms with E-state index in [-0.39, 0.29) is 5.91 Å². The first kappa shape index (κ1) is 19.9. The Kier molecular flexibility index (Phi) is 5.47. The molecule has 0 saturated carbocycles. The van der Waals surface area contributed by atoms with Crippen LogP contribution in [0.25, 0.3) is 20.4 Å². The summed E-state index contributed by atoms with van der Waals surface area (Å²) < 4.78 is 1.25. The van der Waals surface area contributed by atoms with Crippen LogP contribution >= 0.6 is 34.4 Å². The summed E-state index contributed by atoms with van der Waals surface area (Å²) in [4.78, 5) is 30.8. The fourth-order valence-electron chi connectivity index (χ4n) is 3.92. The molecule has 1 amide bonds. The number of hydrogen-bond acceptors (Lipinski definition) is 7. The minimum Gasteiger partial charge on any atom is -0.342 e. The van der Waals surface area contributed by atoms with E-state index in [1.807, 2.05) is 11.0 Å². The van der Waals surface area contributed by atoms with E-state index < -0.39 is 0 Å². The van der Waals surface area contributed by atoms with Gasteiger partial charge in [-0.2, -0.15) is 0 Å². The zero-order valence-electron chi connectivity index (χ0n) is 16.9. The summed E-state index contributed by atoms with van der Waals surface area (Å²) in [6.45, 7) is 5.82. The number of rotatable bonds is 4. The molecule has 1 saturated heterocycles. The molecule has 1 aromatic carbocycles. The van der Waals surface area contributed by atoms with E-state index in [9.17, 15) is 4.79 Å². The topological polar surface area (TPSA) is 59.0 Å². The number of likely N-dealkylation sites (tertiary alicyclic amines) is 1. The number of hydrogen-bond donors (Lipinski definition) is 0. The first-order valence-electron chi connectivity index (χ1n) is 10.1. The van der Waals surface area contributed by atoms with Crippen molar-refractivity contribution in [2.75, 3.05) is 18.8 Å². The lowest BCUT2D eigenvalue weighted by Crippen LogP contribution is -2.38. The van der Waals surface area contributed by atoms with E-state index in [0.29, 0.717) is 11.7 Å². The van der Waals surface area contributed by atoms with Gasteiger partial charge in [0.15, 0.2) is 0 Å². The van der Waals surface area contributed by atoms with Gasteiger partial charge < -0.3 is 4.90 Å². The van der Waals surface area contributed by atoms with Crippen molar-refractivity contribution in [2.45, 2.75) is 37.6 Å². The molecule has 0 radical (unpaired) electrons. The average Bonchev–Trinajstić information content (AvgIpc) is 3.33. The maximum absolute atomic E-state index is 12.8. The maximum Gasteiger partial charge on any atom is 0.232 e. The van der Waals surface area contributed by atoms with Crippen LogP contribution in [0, 0.1) is 13.8 Å². The van der Waals surface area contributed by atoms with Crippen LogP contribution in [0.3, 0.4) is 0 Å². The third kappa shape index (κ3) is 3.72. The zero-order valence-corrected chi connectivity index (χ0v) is 19.4. The highest BCUT2D eigenvalue weighted by molar-refractivity contribution is 8.00. The molecule has 1 aliphatic rings. The minimum absolute atomic E-state index is 0.194. The summed E-state index contributed by atoms with van der Waals surface area (Å²) in [5, 5.41) is 3.23. The van der Waals surface area contributed by atoms with Crippen LogP contribution < -0.4 is 0 Å². The number of thiophene rings is 1. The number of piperidine rings is 1. The SMILES string of the molecule is Cc1sc2ncnc(SCC(=O)N3CCC(c4nc5ccccc5s4)CC3)c2c1C. The largest absolute Gasteiger partial charge is 0.342 e. The van der Waals surface area contributed by atoms with Crippen molar-refractivity contribution in [3.05, 3.63) is 46.0 Å². The molecule has 4 heterocycles. The molecule has 1 fully saturated rings. The summed E-state index contributed by atoms with van der Waals surface area (Å²) in [6.07, 6.45) is 3.57. The molecule has 154 valence electrons. The van der Waals surface area contributed by atoms with E-state index in [0.717, 1.165) is 46.7 Å². The second-order valence-corrected chi connectivity index (χ2v) is 10.8. The van der Waals surface area contributed by atoms with Gasteiger partial charge in [-0.25, -0.2) is 15.0 Å². The number of aryl methyl sites for hydroxylation is 2. The molecule has 0 N–H and O–H groups in total. The standard InChI is InChI=1S/C22H22N4OS3/c1-13-14(2)29-22-19(13)21(23-12-24-22)28-11-18(27)26-9-7-15(8-10-26)20-25-16-5-3-4-6-17(16)30-20/h3-6,12,15H,7-11H2,1-2H3. The number of carbonyl (C=O) groups excluding carboxylic acids is 1. The van der Waals surface area contributed by atoms with Crippen molar-refractivity contribution in [3.8, 4) is 0 Å². The van der Waals surface area contributed by atoms with Gasteiger partial charge >= 0.3 is 0 Å². The van der Waals surface area contributed by atoms with Gasteiger partial charge in [-0.15, -0.1) is 22.7 Å². The Morgan fingerprint density at radius 3 is 2.77 bits per heavy atom. The second-order valence-electron chi connectivity index (χ2n) is 7.61. The zero-order chi connectivity index (χ0) is 20.7. The van der Waals surface area contributed by atoms with Gasteiger partial charge in [-0.05, 0) is 44.4 Å². The first-order valence-corrected chi connectivity index (χ1v) is 12.7. The summed E-state index contributed by atoms with van der Waals surface area (Å²) in [5.41, 5.74) is 2.31. The highest BCUT2D eigenvalue weighted by atomic mass is 32.2. The van der Waals surface area contributed by atoms with Crippen molar-refractivity contribution < 1.29 is 4.79 Å². The Morgan fingerprint density at radius 2 is 1.97 bits per heavy atom. The van der Waals surface area contributed by atoms with Crippen LogP contribution in [0.1, 0.15) is 34.2 Å². The first-order chi connectivity index (χ1) is 14.6. The number of nitrogens with zero attached hydrogens (tertiary/aromatic N) is 4. The predicted octanol–water partition coefficient (Wildman–Crippen LogP) is 5.42. The van der Waals surface area contributed by atoms with Gasteiger partial charge in [-0.3, -0.25) is 4.79 Å². The fourth-order valence-corrected chi connectivity index (χ4v) is 7.08. The van der Waals surface area contributed by atoms with Gasteiger partial charge in [0.2, 0.25) is 5.91 Å². The second kappa shape index (κ2) is 8.24. The minimum atomic E-state index is 0.194. The molecule has 8 heteroatoms. The lowest BCUT2D eigenvalue weighted by atomic mass is 9.97. The van der Waals surface area contributed by atoms with E-state index >= 15 is 0 Å². The molecular weight excluding hydrogens is 432 g/mol. The normalized spacial score (nSPS) is 15.3. The van der Waals surface area contributed by atoms with Gasteiger partial charge in [0, 0.05) is 29.3 Å².